The molecule has 0 aromatic rings. The predicted molar refractivity (Wildman–Crippen MR) is 71.5 cm³/mol. The Morgan fingerprint density at radius 3 is 2.42 bits per heavy atom. The third-order valence-electron chi connectivity index (χ3n) is 4.35. The lowest BCUT2D eigenvalue weighted by Crippen LogP contribution is -2.52. The predicted octanol–water partition coefficient (Wildman–Crippen LogP) is 1.41. The van der Waals surface area contributed by atoms with Gasteiger partial charge in [-0.2, -0.15) is 0 Å². The Hall–Kier alpha value is -1.10. The van der Waals surface area contributed by atoms with Crippen LogP contribution < -0.4 is 11.1 Å². The lowest BCUT2D eigenvalue weighted by Gasteiger charge is -2.37. The highest BCUT2D eigenvalue weighted by Gasteiger charge is 2.37. The molecule has 2 aliphatic rings. The molecule has 1 atom stereocenters. The molecule has 2 saturated carbocycles. The highest BCUT2D eigenvalue weighted by molar-refractivity contribution is 5.79. The fourth-order valence-corrected chi connectivity index (χ4v) is 3.12. The summed E-state index contributed by atoms with van der Waals surface area (Å²) in [4.78, 5) is 23.1. The molecule has 0 heterocycles. The van der Waals surface area contributed by atoms with E-state index >= 15 is 0 Å². The van der Waals surface area contributed by atoms with Crippen molar-refractivity contribution in [1.82, 2.24) is 5.32 Å². The maximum absolute atomic E-state index is 12.1. The first-order valence-electron chi connectivity index (χ1n) is 7.29. The summed E-state index contributed by atoms with van der Waals surface area (Å²) in [5.41, 5.74) is 5.41. The number of rotatable bonds is 6. The smallest absolute Gasteiger partial charge is 0.305 e. The summed E-state index contributed by atoms with van der Waals surface area (Å²) < 4.78 is 0. The Kier molecular flexibility index (Phi) is 4.45. The van der Waals surface area contributed by atoms with Gasteiger partial charge in [-0.15, -0.1) is 0 Å². The summed E-state index contributed by atoms with van der Waals surface area (Å²) in [7, 11) is 0. The van der Waals surface area contributed by atoms with Crippen molar-refractivity contribution in [2.24, 2.45) is 11.7 Å². The molecule has 108 valence electrons. The van der Waals surface area contributed by atoms with Crippen molar-refractivity contribution in [1.29, 1.82) is 0 Å². The molecule has 0 saturated heterocycles. The standard InChI is InChI=1S/C14H24N2O3/c15-11(10-4-5-10)8-12(17)16-14(9-13(18)19)6-2-1-3-7-14/h10-11H,1-9,15H2,(H,16,17)(H,18,19). The quantitative estimate of drug-likeness (QED) is 0.679. The van der Waals surface area contributed by atoms with E-state index in [1.807, 2.05) is 0 Å². The molecule has 2 aliphatic carbocycles. The first-order chi connectivity index (χ1) is 9.01. The van der Waals surface area contributed by atoms with E-state index in [4.69, 9.17) is 10.8 Å². The van der Waals surface area contributed by atoms with Crippen LogP contribution in [0.15, 0.2) is 0 Å². The van der Waals surface area contributed by atoms with Gasteiger partial charge in [-0.3, -0.25) is 9.59 Å². The Morgan fingerprint density at radius 2 is 1.89 bits per heavy atom. The summed E-state index contributed by atoms with van der Waals surface area (Å²) >= 11 is 0. The second kappa shape index (κ2) is 5.90. The Bertz CT molecular complexity index is 347. The fourth-order valence-electron chi connectivity index (χ4n) is 3.12. The summed E-state index contributed by atoms with van der Waals surface area (Å²) in [6.45, 7) is 0. The number of carboxylic acids is 1. The van der Waals surface area contributed by atoms with Crippen molar-refractivity contribution in [3.63, 3.8) is 0 Å². The van der Waals surface area contributed by atoms with Gasteiger partial charge in [0.1, 0.15) is 0 Å². The number of carboxylic acid groups (broad SMARTS) is 1. The molecule has 5 heteroatoms. The maximum atomic E-state index is 12.1. The van der Waals surface area contributed by atoms with Crippen LogP contribution in [0.4, 0.5) is 0 Å². The van der Waals surface area contributed by atoms with Gasteiger partial charge >= 0.3 is 5.97 Å². The molecule has 2 fully saturated rings. The highest BCUT2D eigenvalue weighted by Crippen LogP contribution is 2.34. The Labute approximate surface area is 113 Å². The second-order valence-corrected chi connectivity index (χ2v) is 6.17. The van der Waals surface area contributed by atoms with E-state index < -0.39 is 11.5 Å². The number of amides is 1. The fraction of sp³-hybridized carbons (Fsp3) is 0.857. The zero-order chi connectivity index (χ0) is 13.9. The topological polar surface area (TPSA) is 92.4 Å². The number of aliphatic carboxylic acids is 1. The molecule has 5 nitrogen and oxygen atoms in total. The van der Waals surface area contributed by atoms with Crippen LogP contribution in [0.5, 0.6) is 0 Å². The van der Waals surface area contributed by atoms with Crippen molar-refractivity contribution in [2.45, 2.75) is 69.4 Å². The summed E-state index contributed by atoms with van der Waals surface area (Å²) in [5, 5.41) is 12.0. The SMILES string of the molecule is NC(CC(=O)NC1(CC(=O)O)CCCCC1)C1CC1. The molecule has 0 aromatic heterocycles. The van der Waals surface area contributed by atoms with E-state index in [2.05, 4.69) is 5.32 Å². The molecule has 0 aliphatic heterocycles. The van der Waals surface area contributed by atoms with Crippen molar-refractivity contribution < 1.29 is 14.7 Å². The van der Waals surface area contributed by atoms with Gasteiger partial charge in [0.25, 0.3) is 0 Å². The van der Waals surface area contributed by atoms with E-state index in [0.29, 0.717) is 12.3 Å². The minimum Gasteiger partial charge on any atom is -0.481 e. The number of hydrogen-bond acceptors (Lipinski definition) is 3. The van der Waals surface area contributed by atoms with E-state index in [0.717, 1.165) is 44.9 Å². The molecule has 0 radical (unpaired) electrons. The van der Waals surface area contributed by atoms with E-state index in [1.54, 1.807) is 0 Å². The van der Waals surface area contributed by atoms with Crippen LogP contribution in [0, 0.1) is 5.92 Å². The normalized spacial score (nSPS) is 23.6. The first kappa shape index (κ1) is 14.3. The Balaban J connectivity index is 1.90. The van der Waals surface area contributed by atoms with E-state index in [9.17, 15) is 9.59 Å². The summed E-state index contributed by atoms with van der Waals surface area (Å²) in [6.07, 6.45) is 7.23. The molecule has 1 amide bonds. The van der Waals surface area contributed by atoms with Crippen LogP contribution in [0.1, 0.15) is 57.8 Å². The van der Waals surface area contributed by atoms with Gasteiger partial charge in [-0.25, -0.2) is 0 Å². The Morgan fingerprint density at radius 1 is 1.26 bits per heavy atom. The van der Waals surface area contributed by atoms with Crippen LogP contribution in [0.25, 0.3) is 0 Å². The average Bonchev–Trinajstić information content (AvgIpc) is 3.11. The molecule has 0 aromatic carbocycles. The van der Waals surface area contributed by atoms with Crippen LogP contribution in [-0.2, 0) is 9.59 Å². The zero-order valence-electron chi connectivity index (χ0n) is 11.4. The number of nitrogens with one attached hydrogen (secondary N) is 1. The zero-order valence-corrected chi connectivity index (χ0v) is 11.4. The molecule has 19 heavy (non-hydrogen) atoms. The summed E-state index contributed by atoms with van der Waals surface area (Å²) in [6, 6.07) is -0.0644. The van der Waals surface area contributed by atoms with Crippen molar-refractivity contribution >= 4 is 11.9 Å². The molecular weight excluding hydrogens is 244 g/mol. The van der Waals surface area contributed by atoms with Gasteiger partial charge in [0, 0.05) is 12.5 Å². The van der Waals surface area contributed by atoms with Crippen LogP contribution in [0.3, 0.4) is 0 Å². The average molecular weight is 268 g/mol. The van der Waals surface area contributed by atoms with Crippen molar-refractivity contribution in [2.75, 3.05) is 0 Å². The third-order valence-corrected chi connectivity index (χ3v) is 4.35. The molecule has 4 N–H and O–H groups in total. The van der Waals surface area contributed by atoms with E-state index in [-0.39, 0.29) is 18.4 Å². The number of carbonyl (C=O) groups is 2. The number of hydrogen-bond donors (Lipinski definition) is 3. The first-order valence-corrected chi connectivity index (χ1v) is 7.29. The van der Waals surface area contributed by atoms with E-state index in [1.165, 1.54) is 0 Å². The van der Waals surface area contributed by atoms with Crippen LogP contribution in [-0.4, -0.2) is 28.6 Å². The largest absolute Gasteiger partial charge is 0.481 e. The maximum Gasteiger partial charge on any atom is 0.305 e. The lowest BCUT2D eigenvalue weighted by atomic mass is 9.79. The lowest BCUT2D eigenvalue weighted by molar-refractivity contribution is -0.139. The molecule has 1 unspecified atom stereocenters. The monoisotopic (exact) mass is 268 g/mol. The number of nitrogens with two attached hydrogens (primary N) is 1. The minimum atomic E-state index is -0.839. The van der Waals surface area contributed by atoms with Crippen molar-refractivity contribution in [3.05, 3.63) is 0 Å². The molecule has 0 spiro atoms. The molecule has 2 rings (SSSR count). The second-order valence-electron chi connectivity index (χ2n) is 6.17. The van der Waals surface area contributed by atoms with Gasteiger partial charge in [-0.05, 0) is 31.6 Å². The number of carbonyl (C=O) groups excluding carboxylic acids is 1. The van der Waals surface area contributed by atoms with Gasteiger partial charge in [-0.1, -0.05) is 19.3 Å². The van der Waals surface area contributed by atoms with Crippen LogP contribution >= 0.6 is 0 Å². The minimum absolute atomic E-state index is 0.0252. The van der Waals surface area contributed by atoms with Gasteiger partial charge < -0.3 is 16.2 Å². The summed E-state index contributed by atoms with van der Waals surface area (Å²) in [5.74, 6) is -0.427. The molecule has 0 bridgehead atoms. The van der Waals surface area contributed by atoms with Gasteiger partial charge in [0.15, 0.2) is 0 Å². The molecular formula is C14H24N2O3. The highest BCUT2D eigenvalue weighted by atomic mass is 16.4. The third kappa shape index (κ3) is 4.20. The van der Waals surface area contributed by atoms with Gasteiger partial charge in [0.2, 0.25) is 5.91 Å². The van der Waals surface area contributed by atoms with Crippen molar-refractivity contribution in [3.8, 4) is 0 Å². The van der Waals surface area contributed by atoms with Crippen LogP contribution in [0.2, 0.25) is 0 Å². The van der Waals surface area contributed by atoms with Gasteiger partial charge in [0.05, 0.1) is 12.0 Å².